The molecule has 0 heterocycles. The first kappa shape index (κ1) is 8.76. The van der Waals surface area contributed by atoms with Gasteiger partial charge in [-0.2, -0.15) is 0 Å². The minimum absolute atomic E-state index is 0.782. The summed E-state index contributed by atoms with van der Waals surface area (Å²) >= 11 is 1.52. The van der Waals surface area contributed by atoms with Gasteiger partial charge in [-0.25, -0.2) is 0 Å². The molecule has 0 aliphatic heterocycles. The first-order valence-corrected chi connectivity index (χ1v) is 4.35. The summed E-state index contributed by atoms with van der Waals surface area (Å²) < 4.78 is 0. The lowest BCUT2D eigenvalue weighted by molar-refractivity contribution is 1.47. The van der Waals surface area contributed by atoms with Crippen LogP contribution in [0.4, 0.5) is 5.69 Å². The molecule has 12 heavy (non-hydrogen) atoms. The molecule has 0 fully saturated rings. The zero-order chi connectivity index (χ0) is 8.81. The van der Waals surface area contributed by atoms with Crippen molar-refractivity contribution in [3.05, 3.63) is 35.7 Å². The summed E-state index contributed by atoms with van der Waals surface area (Å²) in [6, 6.07) is 7.68. The monoisotopic (exact) mass is 175 g/mol. The predicted octanol–water partition coefficient (Wildman–Crippen LogP) is 2.51. The van der Waals surface area contributed by atoms with E-state index in [-0.39, 0.29) is 0 Å². The molecule has 60 valence electrons. The summed E-state index contributed by atoms with van der Waals surface area (Å²) in [5.74, 6) is 2.42. The molecule has 0 saturated heterocycles. The highest BCUT2D eigenvalue weighted by Gasteiger charge is 1.93. The number of benzene rings is 1. The van der Waals surface area contributed by atoms with Gasteiger partial charge < -0.3 is 5.73 Å². The second kappa shape index (κ2) is 4.53. The van der Waals surface area contributed by atoms with Crippen LogP contribution in [0.15, 0.2) is 40.6 Å². The van der Waals surface area contributed by atoms with Gasteiger partial charge in [0.1, 0.15) is 0 Å². The van der Waals surface area contributed by atoms with Crippen LogP contribution in [-0.4, -0.2) is 0 Å². The van der Waals surface area contributed by atoms with Crippen LogP contribution in [0.1, 0.15) is 0 Å². The topological polar surface area (TPSA) is 26.0 Å². The fourth-order valence-electron chi connectivity index (χ4n) is 0.734. The molecule has 0 aliphatic carbocycles. The number of terminal acetylenes is 1. The molecule has 1 nitrogen and oxygen atoms in total. The van der Waals surface area contributed by atoms with E-state index in [0.717, 1.165) is 10.6 Å². The van der Waals surface area contributed by atoms with Gasteiger partial charge in [0, 0.05) is 10.6 Å². The first-order chi connectivity index (χ1) is 5.84. The molecule has 1 aromatic carbocycles. The van der Waals surface area contributed by atoms with E-state index < -0.39 is 0 Å². The van der Waals surface area contributed by atoms with E-state index >= 15 is 0 Å². The maximum Gasteiger partial charge on any atom is 0.0455 e. The largest absolute Gasteiger partial charge is 0.398 e. The van der Waals surface area contributed by atoms with Crippen LogP contribution in [0.25, 0.3) is 0 Å². The zero-order valence-electron chi connectivity index (χ0n) is 6.53. The number of nitrogen functional groups attached to an aromatic ring is 1. The molecule has 0 saturated carbocycles. The van der Waals surface area contributed by atoms with Crippen molar-refractivity contribution >= 4 is 17.4 Å². The summed E-state index contributed by atoms with van der Waals surface area (Å²) in [4.78, 5) is 1.03. The average Bonchev–Trinajstić information content (AvgIpc) is 2.09. The van der Waals surface area contributed by atoms with Crippen molar-refractivity contribution in [1.82, 2.24) is 0 Å². The summed E-state index contributed by atoms with van der Waals surface area (Å²) in [7, 11) is 0. The Balaban J connectivity index is 2.71. The zero-order valence-corrected chi connectivity index (χ0v) is 7.34. The number of anilines is 1. The molecule has 0 atom stereocenters. The standard InChI is InChI=1S/C10H9NS/c1-2-3-8-12-10-7-5-4-6-9(10)11/h1,3-8H,11H2/b8-3-. The van der Waals surface area contributed by atoms with E-state index in [1.807, 2.05) is 29.7 Å². The van der Waals surface area contributed by atoms with Crippen molar-refractivity contribution in [2.24, 2.45) is 0 Å². The third kappa shape index (κ3) is 2.37. The van der Waals surface area contributed by atoms with E-state index in [2.05, 4.69) is 5.92 Å². The second-order valence-corrected chi connectivity index (χ2v) is 3.07. The van der Waals surface area contributed by atoms with E-state index in [9.17, 15) is 0 Å². The van der Waals surface area contributed by atoms with E-state index in [1.54, 1.807) is 6.08 Å². The van der Waals surface area contributed by atoms with E-state index in [4.69, 9.17) is 12.2 Å². The Labute approximate surface area is 76.7 Å². The lowest BCUT2D eigenvalue weighted by atomic mass is 10.3. The quantitative estimate of drug-likeness (QED) is 0.424. The number of thioether (sulfide) groups is 1. The van der Waals surface area contributed by atoms with Gasteiger partial charge in [-0.1, -0.05) is 29.8 Å². The number of allylic oxidation sites excluding steroid dienone is 1. The van der Waals surface area contributed by atoms with Crippen molar-refractivity contribution in [1.29, 1.82) is 0 Å². The first-order valence-electron chi connectivity index (χ1n) is 3.47. The van der Waals surface area contributed by atoms with Gasteiger partial charge in [-0.15, -0.1) is 6.42 Å². The lowest BCUT2D eigenvalue weighted by Crippen LogP contribution is -1.85. The van der Waals surface area contributed by atoms with Gasteiger partial charge in [-0.3, -0.25) is 0 Å². The minimum Gasteiger partial charge on any atom is -0.398 e. The molecular formula is C10H9NS. The Hall–Kier alpha value is -1.33. The van der Waals surface area contributed by atoms with Crippen LogP contribution in [0.2, 0.25) is 0 Å². The number of hydrogen-bond acceptors (Lipinski definition) is 2. The molecule has 0 unspecified atom stereocenters. The Bertz CT molecular complexity index is 323. The third-order valence-corrected chi connectivity index (χ3v) is 2.18. The molecule has 2 N–H and O–H groups in total. The molecule has 0 aromatic heterocycles. The van der Waals surface area contributed by atoms with E-state index in [0.29, 0.717) is 0 Å². The van der Waals surface area contributed by atoms with Crippen LogP contribution in [-0.2, 0) is 0 Å². The Kier molecular flexibility index (Phi) is 3.31. The Morgan fingerprint density at radius 3 is 2.83 bits per heavy atom. The molecular weight excluding hydrogens is 166 g/mol. The van der Waals surface area contributed by atoms with Crippen LogP contribution in [0.3, 0.4) is 0 Å². The van der Waals surface area contributed by atoms with Crippen molar-refractivity contribution in [2.45, 2.75) is 4.90 Å². The third-order valence-electron chi connectivity index (χ3n) is 1.28. The van der Waals surface area contributed by atoms with Gasteiger partial charge in [0.25, 0.3) is 0 Å². The predicted molar refractivity (Wildman–Crippen MR) is 54.7 cm³/mol. The number of rotatable bonds is 2. The van der Waals surface area contributed by atoms with Gasteiger partial charge >= 0.3 is 0 Å². The minimum atomic E-state index is 0.782. The highest BCUT2D eigenvalue weighted by molar-refractivity contribution is 8.02. The van der Waals surface area contributed by atoms with Gasteiger partial charge in [0.2, 0.25) is 0 Å². The van der Waals surface area contributed by atoms with Crippen molar-refractivity contribution in [3.63, 3.8) is 0 Å². The summed E-state index contributed by atoms with van der Waals surface area (Å²) in [6.07, 6.45) is 6.70. The van der Waals surface area contributed by atoms with Crippen molar-refractivity contribution in [2.75, 3.05) is 5.73 Å². The summed E-state index contributed by atoms with van der Waals surface area (Å²) in [5, 5.41) is 1.84. The summed E-state index contributed by atoms with van der Waals surface area (Å²) in [5.41, 5.74) is 6.48. The van der Waals surface area contributed by atoms with Gasteiger partial charge in [-0.05, 0) is 23.6 Å². The van der Waals surface area contributed by atoms with Crippen LogP contribution in [0.5, 0.6) is 0 Å². The highest BCUT2D eigenvalue weighted by atomic mass is 32.2. The average molecular weight is 175 g/mol. The van der Waals surface area contributed by atoms with Gasteiger partial charge in [0.05, 0.1) is 0 Å². The Morgan fingerprint density at radius 2 is 2.17 bits per heavy atom. The molecule has 0 aliphatic rings. The molecule has 1 aromatic rings. The van der Waals surface area contributed by atoms with E-state index in [1.165, 1.54) is 11.8 Å². The number of nitrogens with two attached hydrogens (primary N) is 1. The molecule has 0 spiro atoms. The molecule has 0 bridgehead atoms. The maximum absolute atomic E-state index is 5.70. The smallest absolute Gasteiger partial charge is 0.0455 e. The van der Waals surface area contributed by atoms with Crippen LogP contribution >= 0.6 is 11.8 Å². The SMILES string of the molecule is C#C/C=C\Sc1ccccc1N. The molecule has 1 rings (SSSR count). The van der Waals surface area contributed by atoms with Crippen molar-refractivity contribution in [3.8, 4) is 12.3 Å². The molecule has 2 heteroatoms. The van der Waals surface area contributed by atoms with Crippen LogP contribution < -0.4 is 5.73 Å². The Morgan fingerprint density at radius 1 is 1.42 bits per heavy atom. The highest BCUT2D eigenvalue weighted by Crippen LogP contribution is 2.24. The maximum atomic E-state index is 5.70. The fourth-order valence-corrected chi connectivity index (χ4v) is 1.39. The molecule has 0 amide bonds. The number of para-hydroxylation sites is 1. The molecule has 0 radical (unpaired) electrons. The van der Waals surface area contributed by atoms with Crippen LogP contribution in [0, 0.1) is 12.3 Å². The lowest BCUT2D eigenvalue weighted by Gasteiger charge is -1.98. The number of hydrogen-bond donors (Lipinski definition) is 1. The summed E-state index contributed by atoms with van der Waals surface area (Å²) in [6.45, 7) is 0. The van der Waals surface area contributed by atoms with Crippen molar-refractivity contribution < 1.29 is 0 Å². The normalized spacial score (nSPS) is 9.92. The van der Waals surface area contributed by atoms with Gasteiger partial charge in [0.15, 0.2) is 0 Å². The second-order valence-electron chi connectivity index (χ2n) is 2.13. The fraction of sp³-hybridized carbons (Fsp3) is 0.